The number of hydrogen-bond acceptors (Lipinski definition) is 5. The van der Waals surface area contributed by atoms with Crippen LogP contribution < -0.4 is 5.32 Å². The predicted octanol–water partition coefficient (Wildman–Crippen LogP) is 7.09. The van der Waals surface area contributed by atoms with Crippen molar-refractivity contribution in [1.82, 2.24) is 10.2 Å². The SMILES string of the molecule is CCCCCCCCCCCCNC(=O)c1ccc2c3c(ccc(COC=O)c13)C(=O)N(C1CCCCC1)C2=O. The molecule has 1 heterocycles. The summed E-state index contributed by atoms with van der Waals surface area (Å²) in [6.45, 7) is 3.11. The minimum Gasteiger partial charge on any atom is -0.463 e. The monoisotopic (exact) mass is 548 g/mol. The molecule has 0 spiro atoms. The molecule has 1 fully saturated rings. The second-order valence-corrected chi connectivity index (χ2v) is 11.3. The van der Waals surface area contributed by atoms with E-state index in [4.69, 9.17) is 4.74 Å². The minimum atomic E-state index is -0.305. The molecule has 0 aromatic heterocycles. The largest absolute Gasteiger partial charge is 0.463 e. The predicted molar refractivity (Wildman–Crippen MR) is 156 cm³/mol. The number of amides is 3. The summed E-state index contributed by atoms with van der Waals surface area (Å²) < 4.78 is 5.04. The molecule has 0 atom stereocenters. The molecule has 4 rings (SSSR count). The summed E-state index contributed by atoms with van der Waals surface area (Å²) >= 11 is 0. The molecule has 1 N–H and O–H groups in total. The van der Waals surface area contributed by atoms with Crippen LogP contribution in [0.1, 0.15) is 140 Å². The van der Waals surface area contributed by atoms with Crippen molar-refractivity contribution in [2.45, 2.75) is 116 Å². The molecule has 7 heteroatoms. The first kappa shape index (κ1) is 29.8. The van der Waals surface area contributed by atoms with Gasteiger partial charge in [-0.15, -0.1) is 0 Å². The Morgan fingerprint density at radius 1 is 0.850 bits per heavy atom. The molecule has 0 unspecified atom stereocenters. The fraction of sp³-hybridized carbons (Fsp3) is 0.576. The van der Waals surface area contributed by atoms with E-state index in [1.165, 1.54) is 56.3 Å². The van der Waals surface area contributed by atoms with Crippen molar-refractivity contribution in [1.29, 1.82) is 0 Å². The van der Waals surface area contributed by atoms with Crippen LogP contribution in [0.5, 0.6) is 0 Å². The van der Waals surface area contributed by atoms with Gasteiger partial charge in [-0.25, -0.2) is 0 Å². The standard InChI is InChI=1S/C33H44N2O5/c1-2-3-4-5-6-7-8-9-10-14-21-34-31(37)26-19-20-28-30-27(18-17-24(29(26)30)22-40-23-36)32(38)35(33(28)39)25-15-12-11-13-16-25/h17-20,23,25H,2-16,21-22H2,1H3,(H,34,37). The summed E-state index contributed by atoms with van der Waals surface area (Å²) in [6.07, 6.45) is 17.0. The van der Waals surface area contributed by atoms with Crippen LogP contribution in [0, 0.1) is 0 Å². The molecule has 1 aliphatic carbocycles. The third-order valence-corrected chi connectivity index (χ3v) is 8.45. The van der Waals surface area contributed by atoms with Gasteiger partial charge in [-0.05, 0) is 43.0 Å². The molecule has 7 nitrogen and oxygen atoms in total. The zero-order chi connectivity index (χ0) is 28.3. The van der Waals surface area contributed by atoms with E-state index < -0.39 is 0 Å². The van der Waals surface area contributed by atoms with E-state index in [-0.39, 0.29) is 30.4 Å². The molecule has 2 aliphatic rings. The topological polar surface area (TPSA) is 92.8 Å². The molecule has 1 saturated carbocycles. The summed E-state index contributed by atoms with van der Waals surface area (Å²) in [7, 11) is 0. The fourth-order valence-electron chi connectivity index (χ4n) is 6.29. The molecule has 2 aromatic carbocycles. The highest BCUT2D eigenvalue weighted by Gasteiger charge is 2.39. The van der Waals surface area contributed by atoms with Crippen LogP contribution in [-0.4, -0.2) is 41.7 Å². The Morgan fingerprint density at radius 3 is 2.08 bits per heavy atom. The van der Waals surface area contributed by atoms with Crippen molar-refractivity contribution in [2.24, 2.45) is 0 Å². The Morgan fingerprint density at radius 2 is 1.45 bits per heavy atom. The second-order valence-electron chi connectivity index (χ2n) is 11.3. The van der Waals surface area contributed by atoms with Gasteiger partial charge in [-0.2, -0.15) is 0 Å². The van der Waals surface area contributed by atoms with Crippen LogP contribution in [-0.2, 0) is 16.1 Å². The van der Waals surface area contributed by atoms with Crippen LogP contribution >= 0.6 is 0 Å². The van der Waals surface area contributed by atoms with Crippen LogP contribution in [0.2, 0.25) is 0 Å². The van der Waals surface area contributed by atoms with Crippen LogP contribution in [0.3, 0.4) is 0 Å². The highest BCUT2D eigenvalue weighted by atomic mass is 16.5. The van der Waals surface area contributed by atoms with Crippen LogP contribution in [0.4, 0.5) is 0 Å². The second kappa shape index (κ2) is 15.0. The quantitative estimate of drug-likeness (QED) is 0.137. The average Bonchev–Trinajstić information content (AvgIpc) is 2.98. The smallest absolute Gasteiger partial charge is 0.293 e. The minimum absolute atomic E-state index is 0.0445. The third-order valence-electron chi connectivity index (χ3n) is 8.45. The molecule has 0 saturated heterocycles. The van der Waals surface area contributed by atoms with E-state index in [0.29, 0.717) is 46.0 Å². The number of imide groups is 1. The summed E-state index contributed by atoms with van der Waals surface area (Å²) in [5.74, 6) is -0.859. The number of ether oxygens (including phenoxy) is 1. The Bertz CT molecular complexity index is 1180. The van der Waals surface area contributed by atoms with E-state index in [9.17, 15) is 19.2 Å². The summed E-state index contributed by atoms with van der Waals surface area (Å²) in [5.41, 5.74) is 1.84. The summed E-state index contributed by atoms with van der Waals surface area (Å²) in [6, 6.07) is 6.68. The van der Waals surface area contributed by atoms with Gasteiger partial charge in [-0.1, -0.05) is 90.0 Å². The third kappa shape index (κ3) is 6.91. The molecule has 0 radical (unpaired) electrons. The molecule has 216 valence electrons. The van der Waals surface area contributed by atoms with Crippen molar-refractivity contribution in [3.63, 3.8) is 0 Å². The maximum Gasteiger partial charge on any atom is 0.293 e. The number of rotatable bonds is 16. The average molecular weight is 549 g/mol. The first-order chi connectivity index (χ1) is 19.6. The Hall–Kier alpha value is -3.22. The maximum absolute atomic E-state index is 13.6. The van der Waals surface area contributed by atoms with Gasteiger partial charge >= 0.3 is 0 Å². The zero-order valence-corrected chi connectivity index (χ0v) is 24.0. The van der Waals surface area contributed by atoms with E-state index in [1.807, 2.05) is 0 Å². The van der Waals surface area contributed by atoms with E-state index in [0.717, 1.165) is 44.9 Å². The fourth-order valence-corrected chi connectivity index (χ4v) is 6.29. The van der Waals surface area contributed by atoms with Crippen molar-refractivity contribution in [3.05, 3.63) is 46.5 Å². The van der Waals surface area contributed by atoms with Crippen molar-refractivity contribution in [3.8, 4) is 0 Å². The van der Waals surface area contributed by atoms with E-state index in [2.05, 4.69) is 12.2 Å². The zero-order valence-electron chi connectivity index (χ0n) is 24.0. The number of nitrogens with one attached hydrogen (secondary N) is 1. The highest BCUT2D eigenvalue weighted by Crippen LogP contribution is 2.37. The summed E-state index contributed by atoms with van der Waals surface area (Å²) in [5, 5.41) is 4.03. The van der Waals surface area contributed by atoms with Gasteiger partial charge < -0.3 is 10.1 Å². The van der Waals surface area contributed by atoms with Crippen molar-refractivity contribution >= 4 is 35.0 Å². The molecule has 40 heavy (non-hydrogen) atoms. The number of carbonyl (C=O) groups is 4. The lowest BCUT2D eigenvalue weighted by Gasteiger charge is -2.36. The molecular formula is C33H44N2O5. The summed E-state index contributed by atoms with van der Waals surface area (Å²) in [4.78, 5) is 53.0. The molecule has 3 amide bonds. The van der Waals surface area contributed by atoms with Gasteiger partial charge in [0.1, 0.15) is 6.61 Å². The van der Waals surface area contributed by atoms with Gasteiger partial charge in [0.2, 0.25) is 0 Å². The molecule has 0 bridgehead atoms. The maximum atomic E-state index is 13.6. The van der Waals surface area contributed by atoms with E-state index >= 15 is 0 Å². The first-order valence-electron chi connectivity index (χ1n) is 15.4. The number of unbranched alkanes of at least 4 members (excludes halogenated alkanes) is 9. The number of nitrogens with zero attached hydrogens (tertiary/aromatic N) is 1. The Kier molecular flexibility index (Phi) is 11.1. The Labute approximate surface area is 238 Å². The van der Waals surface area contributed by atoms with Gasteiger partial charge in [0.15, 0.2) is 0 Å². The van der Waals surface area contributed by atoms with E-state index in [1.54, 1.807) is 24.3 Å². The highest BCUT2D eigenvalue weighted by molar-refractivity contribution is 6.28. The first-order valence-corrected chi connectivity index (χ1v) is 15.4. The molecular weight excluding hydrogens is 504 g/mol. The van der Waals surface area contributed by atoms with Crippen LogP contribution in [0.15, 0.2) is 24.3 Å². The normalized spacial score (nSPS) is 15.5. The van der Waals surface area contributed by atoms with Gasteiger partial charge in [0, 0.05) is 40.0 Å². The van der Waals surface area contributed by atoms with Gasteiger partial charge in [0.05, 0.1) is 0 Å². The lowest BCUT2D eigenvalue weighted by atomic mass is 9.86. The number of benzene rings is 2. The molecule has 2 aromatic rings. The van der Waals surface area contributed by atoms with Gasteiger partial charge in [-0.3, -0.25) is 24.1 Å². The van der Waals surface area contributed by atoms with Gasteiger partial charge in [0.25, 0.3) is 24.2 Å². The van der Waals surface area contributed by atoms with Crippen LogP contribution in [0.25, 0.3) is 10.8 Å². The number of hydrogen-bond donors (Lipinski definition) is 1. The lowest BCUT2D eigenvalue weighted by Crippen LogP contribution is -2.47. The number of carbonyl (C=O) groups excluding carboxylic acids is 4. The van der Waals surface area contributed by atoms with Crippen molar-refractivity contribution in [2.75, 3.05) is 6.54 Å². The lowest BCUT2D eigenvalue weighted by molar-refractivity contribution is -0.129. The Balaban J connectivity index is 1.46. The molecule has 1 aliphatic heterocycles. The van der Waals surface area contributed by atoms with Crippen molar-refractivity contribution < 1.29 is 23.9 Å².